The van der Waals surface area contributed by atoms with E-state index in [-0.39, 0.29) is 23.8 Å². The third-order valence-electron chi connectivity index (χ3n) is 7.35. The molecule has 0 aliphatic carbocycles. The molecule has 3 aromatic heterocycles. The van der Waals surface area contributed by atoms with Gasteiger partial charge in [0.2, 0.25) is 5.91 Å². The fraction of sp³-hybridized carbons (Fsp3) is 0.357. The molecular weight excluding hydrogens is 469 g/mol. The number of nitrogens with zero attached hydrogens (tertiary/aromatic N) is 6. The molecule has 0 saturated carbocycles. The van der Waals surface area contributed by atoms with Gasteiger partial charge >= 0.3 is 0 Å². The predicted molar refractivity (Wildman–Crippen MR) is 141 cm³/mol. The Morgan fingerprint density at radius 2 is 1.84 bits per heavy atom. The number of hydrogen-bond acceptors (Lipinski definition) is 6. The topological polar surface area (TPSA) is 78.7 Å². The first-order valence-corrected chi connectivity index (χ1v) is 12.9. The second-order valence-corrected chi connectivity index (χ2v) is 9.85. The van der Waals surface area contributed by atoms with Crippen LogP contribution in [-0.2, 0) is 4.79 Å². The van der Waals surface area contributed by atoms with E-state index >= 15 is 0 Å². The molecule has 1 atom stereocenters. The van der Waals surface area contributed by atoms with Crippen molar-refractivity contribution >= 4 is 23.2 Å². The van der Waals surface area contributed by atoms with Crippen LogP contribution in [0.2, 0.25) is 0 Å². The van der Waals surface area contributed by atoms with Crippen LogP contribution in [0.5, 0.6) is 0 Å². The Morgan fingerprint density at radius 1 is 1.00 bits per heavy atom. The zero-order valence-electron chi connectivity index (χ0n) is 20.8. The Kier molecular flexibility index (Phi) is 6.20. The number of carbonyl (C=O) groups is 1. The average Bonchev–Trinajstić information content (AvgIpc) is 3.56. The number of carbonyl (C=O) groups excluding carboxylic acids is 1. The van der Waals surface area contributed by atoms with Gasteiger partial charge in [-0.15, -0.1) is 5.10 Å². The summed E-state index contributed by atoms with van der Waals surface area (Å²) in [5, 5.41) is 7.99. The summed E-state index contributed by atoms with van der Waals surface area (Å²) >= 11 is 0. The number of nitrogens with one attached hydrogen (secondary N) is 1. The summed E-state index contributed by atoms with van der Waals surface area (Å²) < 4.78 is 15.8. The summed E-state index contributed by atoms with van der Waals surface area (Å²) in [6, 6.07) is 17.2. The molecule has 37 heavy (non-hydrogen) atoms. The number of hydrogen-bond donors (Lipinski definition) is 1. The highest BCUT2D eigenvalue weighted by atomic mass is 19.1. The molecule has 9 heteroatoms. The number of piperidine rings is 1. The van der Waals surface area contributed by atoms with E-state index in [4.69, 9.17) is 10.1 Å². The predicted octanol–water partition coefficient (Wildman–Crippen LogP) is 4.38. The molecule has 0 radical (unpaired) electrons. The lowest BCUT2D eigenvalue weighted by Gasteiger charge is -2.33. The van der Waals surface area contributed by atoms with E-state index in [9.17, 15) is 9.18 Å². The maximum Gasteiger partial charge on any atom is 0.217 e. The summed E-state index contributed by atoms with van der Waals surface area (Å²) in [6.45, 7) is 4.12. The first kappa shape index (κ1) is 23.4. The van der Waals surface area contributed by atoms with E-state index < -0.39 is 0 Å². The van der Waals surface area contributed by atoms with E-state index in [1.807, 2.05) is 47.1 Å². The molecule has 4 aromatic rings. The second kappa shape index (κ2) is 9.80. The van der Waals surface area contributed by atoms with Crippen molar-refractivity contribution in [3.8, 4) is 11.4 Å². The number of imidazole rings is 1. The van der Waals surface area contributed by atoms with Crippen molar-refractivity contribution in [2.24, 2.45) is 0 Å². The first-order chi connectivity index (χ1) is 18.0. The van der Waals surface area contributed by atoms with Gasteiger partial charge < -0.3 is 15.1 Å². The Labute approximate surface area is 215 Å². The number of halogens is 1. The first-order valence-electron chi connectivity index (χ1n) is 12.9. The van der Waals surface area contributed by atoms with Crippen LogP contribution in [0.1, 0.15) is 44.2 Å². The minimum absolute atomic E-state index is 0.0224. The van der Waals surface area contributed by atoms with Crippen molar-refractivity contribution in [3.63, 3.8) is 0 Å². The third-order valence-corrected chi connectivity index (χ3v) is 7.35. The van der Waals surface area contributed by atoms with Crippen LogP contribution >= 0.6 is 0 Å². The van der Waals surface area contributed by atoms with Crippen LogP contribution < -0.4 is 15.1 Å². The lowest BCUT2D eigenvalue weighted by atomic mass is 10.0. The molecule has 5 heterocycles. The standard InChI is InChI=1S/C28H30FN7O/c1-19(37)31-22-12-15-34(16-13-22)27-9-3-7-23(32-27)25-18-30-26-10-11-28(33-36(25)26)35-14-4-8-24(35)20-5-2-6-21(29)17-20/h2-3,5-7,9-11,17-18,22,24H,4,8,12-16H2,1H3,(H,31,37). The van der Waals surface area contributed by atoms with Gasteiger partial charge in [-0.25, -0.2) is 18.9 Å². The summed E-state index contributed by atoms with van der Waals surface area (Å²) in [6.07, 6.45) is 5.60. The van der Waals surface area contributed by atoms with E-state index in [0.29, 0.717) is 0 Å². The minimum atomic E-state index is -0.213. The number of amides is 1. The highest BCUT2D eigenvalue weighted by molar-refractivity contribution is 5.73. The van der Waals surface area contributed by atoms with Crippen LogP contribution in [0, 0.1) is 5.82 Å². The molecule has 1 N–H and O–H groups in total. The molecule has 0 bridgehead atoms. The van der Waals surface area contributed by atoms with Crippen LogP contribution in [0.3, 0.4) is 0 Å². The molecule has 0 spiro atoms. The average molecular weight is 500 g/mol. The van der Waals surface area contributed by atoms with Crippen molar-refractivity contribution in [1.82, 2.24) is 24.9 Å². The highest BCUT2D eigenvalue weighted by Gasteiger charge is 2.28. The van der Waals surface area contributed by atoms with Gasteiger partial charge in [0.1, 0.15) is 23.1 Å². The lowest BCUT2D eigenvalue weighted by molar-refractivity contribution is -0.119. The zero-order chi connectivity index (χ0) is 25.4. The fourth-order valence-electron chi connectivity index (χ4n) is 5.58. The van der Waals surface area contributed by atoms with Gasteiger partial charge in [-0.3, -0.25) is 4.79 Å². The molecule has 2 saturated heterocycles. The Morgan fingerprint density at radius 3 is 2.65 bits per heavy atom. The van der Waals surface area contributed by atoms with E-state index in [2.05, 4.69) is 20.1 Å². The molecule has 190 valence electrons. The van der Waals surface area contributed by atoms with Crippen molar-refractivity contribution in [3.05, 3.63) is 72.2 Å². The van der Waals surface area contributed by atoms with Gasteiger partial charge in [-0.1, -0.05) is 18.2 Å². The van der Waals surface area contributed by atoms with E-state index in [1.165, 1.54) is 6.07 Å². The van der Waals surface area contributed by atoms with Crippen molar-refractivity contribution in [1.29, 1.82) is 0 Å². The number of rotatable bonds is 5. The maximum absolute atomic E-state index is 13.9. The number of benzene rings is 1. The van der Waals surface area contributed by atoms with Gasteiger partial charge in [-0.05, 0) is 67.6 Å². The summed E-state index contributed by atoms with van der Waals surface area (Å²) in [5.41, 5.74) is 3.36. The largest absolute Gasteiger partial charge is 0.356 e. The number of pyridine rings is 1. The number of anilines is 2. The molecule has 2 fully saturated rings. The normalized spacial score (nSPS) is 18.5. The van der Waals surface area contributed by atoms with Crippen LogP contribution in [0.25, 0.3) is 17.0 Å². The molecule has 2 aliphatic rings. The van der Waals surface area contributed by atoms with E-state index in [1.54, 1.807) is 19.1 Å². The molecular formula is C28H30FN7O. The second-order valence-electron chi connectivity index (χ2n) is 9.85. The van der Waals surface area contributed by atoms with E-state index in [0.717, 1.165) is 79.6 Å². The molecule has 1 amide bonds. The van der Waals surface area contributed by atoms with Gasteiger partial charge in [0, 0.05) is 32.6 Å². The smallest absolute Gasteiger partial charge is 0.217 e. The van der Waals surface area contributed by atoms with Gasteiger partial charge in [0.25, 0.3) is 0 Å². The molecule has 1 unspecified atom stereocenters. The fourth-order valence-corrected chi connectivity index (χ4v) is 5.58. The Bertz CT molecular complexity index is 1430. The van der Waals surface area contributed by atoms with Gasteiger partial charge in [-0.2, -0.15) is 0 Å². The van der Waals surface area contributed by atoms with Crippen molar-refractivity contribution in [2.75, 3.05) is 29.4 Å². The summed E-state index contributed by atoms with van der Waals surface area (Å²) in [5.74, 6) is 1.56. The van der Waals surface area contributed by atoms with Gasteiger partial charge in [0.05, 0.1) is 17.9 Å². The van der Waals surface area contributed by atoms with Crippen LogP contribution in [0.15, 0.2) is 60.8 Å². The Balaban J connectivity index is 1.27. The number of aromatic nitrogens is 4. The molecule has 8 nitrogen and oxygen atoms in total. The van der Waals surface area contributed by atoms with Crippen molar-refractivity contribution < 1.29 is 9.18 Å². The minimum Gasteiger partial charge on any atom is -0.356 e. The highest BCUT2D eigenvalue weighted by Crippen LogP contribution is 2.35. The third kappa shape index (κ3) is 4.73. The van der Waals surface area contributed by atoms with Gasteiger partial charge in [0.15, 0.2) is 5.65 Å². The van der Waals surface area contributed by atoms with Crippen LogP contribution in [-0.4, -0.2) is 51.2 Å². The summed E-state index contributed by atoms with van der Waals surface area (Å²) in [4.78, 5) is 25.4. The maximum atomic E-state index is 13.9. The lowest BCUT2D eigenvalue weighted by Crippen LogP contribution is -2.44. The summed E-state index contributed by atoms with van der Waals surface area (Å²) in [7, 11) is 0. The number of fused-ring (bicyclic) bond motifs is 1. The monoisotopic (exact) mass is 499 g/mol. The molecule has 1 aromatic carbocycles. The Hall–Kier alpha value is -4.01. The quantitative estimate of drug-likeness (QED) is 0.439. The zero-order valence-corrected chi connectivity index (χ0v) is 20.8. The van der Waals surface area contributed by atoms with Crippen molar-refractivity contribution in [2.45, 2.75) is 44.7 Å². The molecule has 6 rings (SSSR count). The SMILES string of the molecule is CC(=O)NC1CCN(c2cccc(-c3cnc4ccc(N5CCCC5c5cccc(F)c5)nn34)n2)CC1. The van der Waals surface area contributed by atoms with Crippen LogP contribution in [0.4, 0.5) is 16.0 Å². The molecule has 2 aliphatic heterocycles.